The maximum absolute atomic E-state index is 14.5. The topological polar surface area (TPSA) is 229 Å². The second-order valence-corrected chi connectivity index (χ2v) is 17.0. The number of ether oxygens (including phenoxy) is 5. The number of carbonyl (C=O) groups excluding carboxylic acids is 2. The van der Waals surface area contributed by atoms with E-state index in [1.54, 1.807) is 70.0 Å². The summed E-state index contributed by atoms with van der Waals surface area (Å²) in [5.41, 5.74) is -1.79. The summed E-state index contributed by atoms with van der Waals surface area (Å²) in [6.07, 6.45) is -0.626. The third kappa shape index (κ3) is 10.6. The van der Waals surface area contributed by atoms with Gasteiger partial charge in [-0.05, 0) is 79.3 Å². The van der Waals surface area contributed by atoms with Crippen LogP contribution >= 0.6 is 0 Å². The monoisotopic (exact) mass is 844 g/mol. The predicted octanol–water partition coefficient (Wildman–Crippen LogP) is 3.24. The molecule has 0 saturated carbocycles. The van der Waals surface area contributed by atoms with Crippen LogP contribution in [0.3, 0.4) is 0 Å². The largest absolute Gasteiger partial charge is 0.459 e. The van der Waals surface area contributed by atoms with Crippen LogP contribution in [-0.4, -0.2) is 145 Å². The smallest absolute Gasteiger partial charge is 0.387 e. The lowest BCUT2D eigenvalue weighted by atomic mass is 9.74. The van der Waals surface area contributed by atoms with Gasteiger partial charge in [0.25, 0.3) is 0 Å². The number of fused-ring (bicyclic) bond motifs is 5. The molecule has 0 radical (unpaired) electrons. The van der Waals surface area contributed by atoms with Gasteiger partial charge in [-0.15, -0.1) is 0 Å². The van der Waals surface area contributed by atoms with Crippen LogP contribution in [0.15, 0.2) is 47.0 Å². The quantitative estimate of drug-likeness (QED) is 0.187. The van der Waals surface area contributed by atoms with Crippen LogP contribution in [0, 0.1) is 28.6 Å². The fourth-order valence-electron chi connectivity index (χ4n) is 8.75. The van der Waals surface area contributed by atoms with Crippen LogP contribution in [0.1, 0.15) is 80.3 Å². The van der Waals surface area contributed by atoms with Crippen LogP contribution in [-0.2, 0) is 44.7 Å². The number of aliphatic hydroxyl groups is 2. The number of aromatic nitrogens is 3. The SMILES string of the molecule is CC[C@H]1OC(=O)[C@H](C)C(=O)[C@H](C)[C@@H](O[C@@H]2O[C@H](C)C[C@H](N(C)C)[C@H]2O)[C@@]2(C)C[C@@H](C)/C(=N\[N+](=O)O)[C@H](C)[C@@H](OC/C(=N\OCc3ccc(-n4cccn4)cn3)CO2)[C@]1(C)O. The molecule has 0 unspecified atom stereocenters. The number of hydrogen-bond acceptors (Lipinski definition) is 15. The molecule has 5 rings (SSSR count). The molecule has 19 nitrogen and oxygen atoms in total. The second-order valence-electron chi connectivity index (χ2n) is 17.0. The molecule has 5 heterocycles. The maximum Gasteiger partial charge on any atom is 0.387 e. The Morgan fingerprint density at radius 1 is 1.10 bits per heavy atom. The zero-order valence-corrected chi connectivity index (χ0v) is 36.2. The molecule has 60 heavy (non-hydrogen) atoms. The van der Waals surface area contributed by atoms with Crippen molar-refractivity contribution in [2.75, 3.05) is 27.3 Å². The van der Waals surface area contributed by atoms with Gasteiger partial charge in [0.15, 0.2) is 18.7 Å². The van der Waals surface area contributed by atoms with E-state index in [1.165, 1.54) is 13.8 Å². The average molecular weight is 845 g/mol. The number of cyclic esters (lactones) is 1. The Bertz CT molecular complexity index is 1840. The first-order valence-electron chi connectivity index (χ1n) is 20.5. The summed E-state index contributed by atoms with van der Waals surface area (Å²) in [6, 6.07) is 5.05. The molecule has 0 spiro atoms. The van der Waals surface area contributed by atoms with Gasteiger partial charge in [0.1, 0.15) is 40.1 Å². The molecule has 332 valence electrons. The van der Waals surface area contributed by atoms with Gasteiger partial charge in [-0.3, -0.25) is 14.6 Å². The number of rotatable bonds is 9. The van der Waals surface area contributed by atoms with E-state index in [4.69, 9.17) is 28.5 Å². The molecular weight excluding hydrogens is 782 g/mol. The summed E-state index contributed by atoms with van der Waals surface area (Å²) in [5.74, 6) is -5.43. The van der Waals surface area contributed by atoms with Crippen molar-refractivity contribution in [1.29, 1.82) is 0 Å². The Morgan fingerprint density at radius 3 is 2.45 bits per heavy atom. The molecule has 13 atom stereocenters. The van der Waals surface area contributed by atoms with Gasteiger partial charge in [0, 0.05) is 36.2 Å². The fourth-order valence-corrected chi connectivity index (χ4v) is 8.75. The Morgan fingerprint density at radius 2 is 1.83 bits per heavy atom. The third-order valence-electron chi connectivity index (χ3n) is 12.0. The van der Waals surface area contributed by atoms with Crippen molar-refractivity contribution in [3.63, 3.8) is 0 Å². The van der Waals surface area contributed by atoms with Crippen LogP contribution in [0.25, 0.3) is 5.69 Å². The van der Waals surface area contributed by atoms with Crippen molar-refractivity contribution in [3.8, 4) is 5.69 Å². The molecule has 3 N–H and O–H groups in total. The zero-order chi connectivity index (χ0) is 44.1. The highest BCUT2D eigenvalue weighted by atomic mass is 16.7. The molecule has 2 bridgehead atoms. The minimum Gasteiger partial charge on any atom is -0.459 e. The Labute approximate surface area is 350 Å². The Kier molecular flexibility index (Phi) is 15.3. The molecular formula is C41H62N7O12+. The summed E-state index contributed by atoms with van der Waals surface area (Å²) in [6.45, 7) is 12.7. The molecule has 3 saturated heterocycles. The van der Waals surface area contributed by atoms with Gasteiger partial charge < -0.3 is 43.6 Å². The fraction of sp³-hybridized carbons (Fsp3) is 0.707. The first kappa shape index (κ1) is 46.8. The first-order chi connectivity index (χ1) is 28.3. The number of esters is 1. The van der Waals surface area contributed by atoms with E-state index in [0.717, 1.165) is 5.69 Å². The van der Waals surface area contributed by atoms with Crippen LogP contribution in [0.4, 0.5) is 0 Å². The van der Waals surface area contributed by atoms with Gasteiger partial charge in [0.05, 0.1) is 59.8 Å². The third-order valence-corrected chi connectivity index (χ3v) is 12.0. The minimum absolute atomic E-state index is 0.00727. The second kappa shape index (κ2) is 19.6. The van der Waals surface area contributed by atoms with Crippen LogP contribution in [0.5, 0.6) is 0 Å². The summed E-state index contributed by atoms with van der Waals surface area (Å²) < 4.78 is 33.8. The molecule has 3 fully saturated rings. The number of likely N-dealkylation sites (N-methyl/N-ethyl adjacent to an activating group) is 1. The number of Topliss-reactive ketones (excluding diaryl/α,β-unsaturated/α-hetero) is 1. The van der Waals surface area contributed by atoms with Crippen molar-refractivity contribution in [2.24, 2.45) is 33.9 Å². The van der Waals surface area contributed by atoms with Crippen molar-refractivity contribution in [1.82, 2.24) is 19.7 Å². The van der Waals surface area contributed by atoms with E-state index in [9.17, 15) is 29.9 Å². The molecule has 0 amide bonds. The lowest BCUT2D eigenvalue weighted by Crippen LogP contribution is -2.60. The number of aliphatic hydroxyl groups excluding tert-OH is 1. The number of nitrogens with zero attached hydrogens (tertiary/aromatic N) is 7. The number of hydrazone groups is 1. The molecule has 0 aromatic carbocycles. The lowest BCUT2D eigenvalue weighted by Gasteiger charge is -2.47. The predicted molar refractivity (Wildman–Crippen MR) is 215 cm³/mol. The number of carbonyl (C=O) groups is 2. The summed E-state index contributed by atoms with van der Waals surface area (Å²) in [5, 5.41) is 46.0. The van der Waals surface area contributed by atoms with Gasteiger partial charge in [0.2, 0.25) is 0 Å². The number of oxime groups is 1. The molecule has 3 aliphatic rings. The highest BCUT2D eigenvalue weighted by molar-refractivity contribution is 6.00. The maximum atomic E-state index is 14.5. The Hall–Kier alpha value is -4.24. The lowest BCUT2D eigenvalue weighted by molar-refractivity contribution is -0.796. The average Bonchev–Trinajstić information content (AvgIpc) is 3.74. The van der Waals surface area contributed by atoms with Crippen molar-refractivity contribution >= 4 is 23.2 Å². The van der Waals surface area contributed by atoms with E-state index in [1.807, 2.05) is 32.0 Å². The van der Waals surface area contributed by atoms with Gasteiger partial charge in [-0.2, -0.15) is 5.10 Å². The van der Waals surface area contributed by atoms with Crippen molar-refractivity contribution in [3.05, 3.63) is 47.4 Å². The van der Waals surface area contributed by atoms with Crippen LogP contribution < -0.4 is 0 Å². The van der Waals surface area contributed by atoms with E-state index in [-0.39, 0.29) is 56.2 Å². The van der Waals surface area contributed by atoms with Crippen molar-refractivity contribution in [2.45, 2.75) is 135 Å². The normalized spacial score (nSPS) is 37.6. The molecule has 2 aromatic heterocycles. The zero-order valence-electron chi connectivity index (χ0n) is 36.2. The highest BCUT2D eigenvalue weighted by Gasteiger charge is 2.53. The van der Waals surface area contributed by atoms with E-state index < -0.39 is 82.4 Å². The van der Waals surface area contributed by atoms with Gasteiger partial charge in [-0.25, -0.2) is 9.89 Å². The van der Waals surface area contributed by atoms with Crippen molar-refractivity contribution < 1.29 is 58.6 Å². The van der Waals surface area contributed by atoms with Gasteiger partial charge >= 0.3 is 11.0 Å². The summed E-state index contributed by atoms with van der Waals surface area (Å²) in [7, 11) is 3.68. The minimum atomic E-state index is -1.95. The highest BCUT2D eigenvalue weighted by Crippen LogP contribution is 2.40. The molecule has 2 aromatic rings. The first-order valence-corrected chi connectivity index (χ1v) is 20.5. The van der Waals surface area contributed by atoms with E-state index in [0.29, 0.717) is 12.1 Å². The molecule has 3 aliphatic heterocycles. The van der Waals surface area contributed by atoms with Gasteiger partial charge in [-0.1, -0.05) is 32.9 Å². The number of hydrogen-bond donors (Lipinski definition) is 3. The molecule has 0 aliphatic carbocycles. The van der Waals surface area contributed by atoms with Crippen LogP contribution in [0.2, 0.25) is 0 Å². The Balaban J connectivity index is 1.63. The molecule has 19 heteroatoms. The van der Waals surface area contributed by atoms with E-state index in [2.05, 4.69) is 20.3 Å². The number of ketones is 1. The standard InChI is InChI=1S/C41H62N7O12/c1-11-32-41(8,52)37-25(4)33(44-48(53)54)23(2)18-40(7,56-21-29(20-55-37)45-57-22-28-13-14-30(19-42-28)47-16-12-15-43-47)36(26(5)34(49)27(6)38(51)59-32)60-39-35(50)31(46(9)10)17-24(3)58-39/h12-16,19,23-27,31-32,35-37,39,50,52H,11,17-18,20-22H2,1-10H3,(H,53,54)/q+1/b44-33+,45-29+/t23-,24-,25+,26+,27-,31+,32-,35-,36-,37-,39+,40-,41-/m1/s1. The number of pyridine rings is 1. The van der Waals surface area contributed by atoms with E-state index >= 15 is 0 Å². The summed E-state index contributed by atoms with van der Waals surface area (Å²) >= 11 is 0. The summed E-state index contributed by atoms with van der Waals surface area (Å²) in [4.78, 5) is 52.8.